The molecule has 4 aromatic carbocycles. The van der Waals surface area contributed by atoms with E-state index >= 15 is 0 Å². The van der Waals surface area contributed by atoms with Crippen molar-refractivity contribution >= 4 is 39.9 Å². The fourth-order valence-electron chi connectivity index (χ4n) is 3.48. The van der Waals surface area contributed by atoms with E-state index in [4.69, 9.17) is 16.3 Å². The molecule has 0 saturated heterocycles. The summed E-state index contributed by atoms with van der Waals surface area (Å²) in [5.41, 5.74) is 1.92. The van der Waals surface area contributed by atoms with E-state index in [9.17, 15) is 9.59 Å². The van der Waals surface area contributed by atoms with E-state index in [1.165, 1.54) is 0 Å². The minimum absolute atomic E-state index is 0.183. The van der Waals surface area contributed by atoms with E-state index in [1.54, 1.807) is 18.2 Å². The second kappa shape index (κ2) is 10.7. The van der Waals surface area contributed by atoms with Gasteiger partial charge < -0.3 is 15.4 Å². The third-order valence-corrected chi connectivity index (χ3v) is 5.48. The van der Waals surface area contributed by atoms with Gasteiger partial charge in [0.15, 0.2) is 6.61 Å². The molecule has 0 heterocycles. The summed E-state index contributed by atoms with van der Waals surface area (Å²) < 4.78 is 5.73. The van der Waals surface area contributed by atoms with Gasteiger partial charge in [0.25, 0.3) is 11.8 Å². The second-order valence-electron chi connectivity index (χ2n) is 7.50. The van der Waals surface area contributed by atoms with Crippen molar-refractivity contribution in [3.63, 3.8) is 0 Å². The van der Waals surface area contributed by atoms with Crippen molar-refractivity contribution in [1.29, 1.82) is 0 Å². The molecule has 0 radical (unpaired) electrons. The molecule has 0 aliphatic carbocycles. The topological polar surface area (TPSA) is 67.4 Å². The number of halogens is 1. The molecule has 2 amide bonds. The van der Waals surface area contributed by atoms with Gasteiger partial charge in [-0.25, -0.2) is 0 Å². The molecule has 6 heteroatoms. The molecule has 4 aromatic rings. The SMILES string of the molecule is O=C(COc1cccc2ccccc12)Nc1cc(C(=O)NCCc2ccccc2)ccc1Cl. The van der Waals surface area contributed by atoms with Crippen LogP contribution in [0.2, 0.25) is 5.02 Å². The number of carbonyl (C=O) groups is 2. The maximum atomic E-state index is 12.5. The zero-order valence-corrected chi connectivity index (χ0v) is 18.6. The number of benzene rings is 4. The van der Waals surface area contributed by atoms with Crippen molar-refractivity contribution in [3.05, 3.63) is 107 Å². The monoisotopic (exact) mass is 458 g/mol. The summed E-state index contributed by atoms with van der Waals surface area (Å²) in [4.78, 5) is 25.0. The van der Waals surface area contributed by atoms with Crippen LogP contribution in [0.4, 0.5) is 5.69 Å². The van der Waals surface area contributed by atoms with Gasteiger partial charge in [-0.1, -0.05) is 78.3 Å². The lowest BCUT2D eigenvalue weighted by Gasteiger charge is -2.12. The molecule has 0 spiro atoms. The molecule has 0 saturated carbocycles. The molecule has 0 aliphatic heterocycles. The number of ether oxygens (including phenoxy) is 1. The van der Waals surface area contributed by atoms with Crippen LogP contribution in [0, 0.1) is 0 Å². The number of hydrogen-bond acceptors (Lipinski definition) is 3. The largest absolute Gasteiger partial charge is 0.483 e. The molecular weight excluding hydrogens is 436 g/mol. The number of amides is 2. The quantitative estimate of drug-likeness (QED) is 0.367. The highest BCUT2D eigenvalue weighted by Crippen LogP contribution is 2.26. The summed E-state index contributed by atoms with van der Waals surface area (Å²) in [5.74, 6) is 0.0254. The van der Waals surface area contributed by atoms with E-state index in [-0.39, 0.29) is 18.4 Å². The molecule has 0 fully saturated rings. The second-order valence-corrected chi connectivity index (χ2v) is 7.91. The van der Waals surface area contributed by atoms with Crippen molar-refractivity contribution < 1.29 is 14.3 Å². The standard InChI is InChI=1S/C27H23ClN2O3/c28-23-14-13-21(27(32)29-16-15-19-7-2-1-3-8-19)17-24(23)30-26(31)18-33-25-12-6-10-20-9-4-5-11-22(20)25/h1-14,17H,15-16,18H2,(H,29,32)(H,30,31). The van der Waals surface area contributed by atoms with Crippen LogP contribution < -0.4 is 15.4 Å². The van der Waals surface area contributed by atoms with Crippen molar-refractivity contribution in [1.82, 2.24) is 5.32 Å². The fraction of sp³-hybridized carbons (Fsp3) is 0.111. The molecule has 0 aromatic heterocycles. The normalized spacial score (nSPS) is 10.6. The lowest BCUT2D eigenvalue weighted by Crippen LogP contribution is -2.26. The Morgan fingerprint density at radius 1 is 0.848 bits per heavy atom. The van der Waals surface area contributed by atoms with E-state index in [0.717, 1.165) is 22.8 Å². The lowest BCUT2D eigenvalue weighted by atomic mass is 10.1. The van der Waals surface area contributed by atoms with Crippen LogP contribution in [-0.2, 0) is 11.2 Å². The Morgan fingerprint density at radius 3 is 2.45 bits per heavy atom. The van der Waals surface area contributed by atoms with Crippen LogP contribution in [0.5, 0.6) is 5.75 Å². The maximum absolute atomic E-state index is 12.5. The zero-order chi connectivity index (χ0) is 23.0. The average molecular weight is 459 g/mol. The highest BCUT2D eigenvalue weighted by molar-refractivity contribution is 6.33. The molecule has 2 N–H and O–H groups in total. The van der Waals surface area contributed by atoms with E-state index in [0.29, 0.717) is 28.6 Å². The van der Waals surface area contributed by atoms with Gasteiger partial charge in [-0.3, -0.25) is 9.59 Å². The van der Waals surface area contributed by atoms with Gasteiger partial charge in [0.05, 0.1) is 10.7 Å². The minimum Gasteiger partial charge on any atom is -0.483 e. The Bertz CT molecular complexity index is 1270. The Balaban J connectivity index is 1.35. The van der Waals surface area contributed by atoms with Crippen LogP contribution in [-0.4, -0.2) is 25.0 Å². The Labute approximate surface area is 197 Å². The van der Waals surface area contributed by atoms with Crippen LogP contribution in [0.1, 0.15) is 15.9 Å². The molecule has 4 rings (SSSR count). The summed E-state index contributed by atoms with van der Waals surface area (Å²) in [6.45, 7) is 0.323. The van der Waals surface area contributed by atoms with E-state index in [2.05, 4.69) is 10.6 Å². The van der Waals surface area contributed by atoms with Gasteiger partial charge in [0.1, 0.15) is 5.75 Å². The van der Waals surface area contributed by atoms with Gasteiger partial charge >= 0.3 is 0 Å². The van der Waals surface area contributed by atoms with Gasteiger partial charge in [-0.15, -0.1) is 0 Å². The van der Waals surface area contributed by atoms with Gasteiger partial charge in [-0.2, -0.15) is 0 Å². The third kappa shape index (κ3) is 5.90. The van der Waals surface area contributed by atoms with Crippen LogP contribution >= 0.6 is 11.6 Å². The molecular formula is C27H23ClN2O3. The Kier molecular flexibility index (Phi) is 7.22. The molecule has 33 heavy (non-hydrogen) atoms. The van der Waals surface area contributed by atoms with Crippen molar-refractivity contribution in [2.75, 3.05) is 18.5 Å². The molecule has 0 bridgehead atoms. The summed E-state index contributed by atoms with van der Waals surface area (Å²) >= 11 is 6.24. The molecule has 5 nitrogen and oxygen atoms in total. The first-order valence-corrected chi connectivity index (χ1v) is 11.0. The summed E-state index contributed by atoms with van der Waals surface area (Å²) in [6.07, 6.45) is 0.731. The number of carbonyl (C=O) groups excluding carboxylic acids is 2. The number of hydrogen-bond donors (Lipinski definition) is 2. The zero-order valence-electron chi connectivity index (χ0n) is 17.9. The fourth-order valence-corrected chi connectivity index (χ4v) is 3.65. The molecule has 0 atom stereocenters. The molecule has 0 unspecified atom stereocenters. The Hall–Kier alpha value is -3.83. The summed E-state index contributed by atoms with van der Waals surface area (Å²) in [5, 5.41) is 7.93. The van der Waals surface area contributed by atoms with Crippen LogP contribution in [0.15, 0.2) is 91.0 Å². The van der Waals surface area contributed by atoms with Crippen LogP contribution in [0.25, 0.3) is 10.8 Å². The average Bonchev–Trinajstić information content (AvgIpc) is 2.84. The summed E-state index contributed by atoms with van der Waals surface area (Å²) in [6, 6.07) is 28.2. The maximum Gasteiger partial charge on any atom is 0.262 e. The van der Waals surface area contributed by atoms with E-state index in [1.807, 2.05) is 72.8 Å². The molecule has 166 valence electrons. The number of anilines is 1. The van der Waals surface area contributed by atoms with Crippen molar-refractivity contribution in [2.45, 2.75) is 6.42 Å². The first-order valence-electron chi connectivity index (χ1n) is 10.6. The molecule has 0 aliphatic rings. The first-order chi connectivity index (χ1) is 16.1. The smallest absolute Gasteiger partial charge is 0.262 e. The first kappa shape index (κ1) is 22.4. The summed E-state index contributed by atoms with van der Waals surface area (Å²) in [7, 11) is 0. The van der Waals surface area contributed by atoms with Gasteiger partial charge in [0, 0.05) is 17.5 Å². The predicted molar refractivity (Wildman–Crippen MR) is 132 cm³/mol. The highest BCUT2D eigenvalue weighted by Gasteiger charge is 2.12. The van der Waals surface area contributed by atoms with Crippen molar-refractivity contribution in [3.8, 4) is 5.75 Å². The number of nitrogens with one attached hydrogen (secondary N) is 2. The highest BCUT2D eigenvalue weighted by atomic mass is 35.5. The van der Waals surface area contributed by atoms with Crippen molar-refractivity contribution in [2.24, 2.45) is 0 Å². The predicted octanol–water partition coefficient (Wildman–Crippen LogP) is 5.48. The lowest BCUT2D eigenvalue weighted by molar-refractivity contribution is -0.118. The third-order valence-electron chi connectivity index (χ3n) is 5.15. The number of fused-ring (bicyclic) bond motifs is 1. The van der Waals surface area contributed by atoms with Crippen LogP contribution in [0.3, 0.4) is 0 Å². The number of rotatable bonds is 8. The Morgan fingerprint density at radius 2 is 1.61 bits per heavy atom. The minimum atomic E-state index is -0.369. The van der Waals surface area contributed by atoms with Gasteiger partial charge in [-0.05, 0) is 41.6 Å². The van der Waals surface area contributed by atoms with E-state index < -0.39 is 0 Å². The van der Waals surface area contributed by atoms with Gasteiger partial charge in [0.2, 0.25) is 0 Å².